The summed E-state index contributed by atoms with van der Waals surface area (Å²) in [6.45, 7) is 2.41. The van der Waals surface area contributed by atoms with Crippen molar-refractivity contribution < 1.29 is 14.5 Å². The molecule has 0 N–H and O–H groups in total. The fourth-order valence-corrected chi connectivity index (χ4v) is 4.30. The van der Waals surface area contributed by atoms with Crippen LogP contribution in [-0.4, -0.2) is 39.1 Å². The summed E-state index contributed by atoms with van der Waals surface area (Å²) >= 11 is 1.32. The van der Waals surface area contributed by atoms with Crippen LogP contribution in [0.1, 0.15) is 12.6 Å². The number of thioether (sulfide) groups is 1. The second kappa shape index (κ2) is 9.11. The maximum Gasteiger partial charge on any atom is 0.269 e. The van der Waals surface area contributed by atoms with Gasteiger partial charge in [0.1, 0.15) is 5.75 Å². The van der Waals surface area contributed by atoms with Crippen LogP contribution >= 0.6 is 11.8 Å². The van der Waals surface area contributed by atoms with Gasteiger partial charge in [0.25, 0.3) is 11.6 Å². The van der Waals surface area contributed by atoms with Crippen molar-refractivity contribution in [3.8, 4) is 11.4 Å². The molecule has 1 amide bonds. The van der Waals surface area contributed by atoms with Crippen LogP contribution in [0.25, 0.3) is 11.8 Å². The number of likely N-dealkylation sites (N-methyl/N-ethyl adjacent to an activating group) is 1. The molecule has 1 saturated heterocycles. The van der Waals surface area contributed by atoms with Gasteiger partial charge in [-0.2, -0.15) is 0 Å². The highest BCUT2D eigenvalue weighted by atomic mass is 32.2. The number of non-ortho nitro benzene ring substituents is 1. The zero-order valence-corrected chi connectivity index (χ0v) is 18.3. The summed E-state index contributed by atoms with van der Waals surface area (Å²) < 4.78 is 7.05. The third kappa shape index (κ3) is 4.28. The molecule has 32 heavy (non-hydrogen) atoms. The van der Waals surface area contributed by atoms with Crippen molar-refractivity contribution in [2.45, 2.75) is 6.92 Å². The van der Waals surface area contributed by atoms with E-state index in [1.54, 1.807) is 24.1 Å². The number of nitro benzene ring substituents is 1. The lowest BCUT2D eigenvalue weighted by atomic mass is 10.2. The van der Waals surface area contributed by atoms with Crippen molar-refractivity contribution in [2.24, 2.45) is 4.99 Å². The normalized spacial score (nSPS) is 16.2. The Kier molecular flexibility index (Phi) is 6.09. The predicted molar refractivity (Wildman–Crippen MR) is 125 cm³/mol. The number of hydrogen-bond donors (Lipinski definition) is 0. The number of nitro groups is 1. The second-order valence-corrected chi connectivity index (χ2v) is 7.84. The van der Waals surface area contributed by atoms with E-state index in [0.29, 0.717) is 16.6 Å². The monoisotopic (exact) mass is 448 g/mol. The zero-order valence-electron chi connectivity index (χ0n) is 17.5. The first-order valence-corrected chi connectivity index (χ1v) is 10.7. The summed E-state index contributed by atoms with van der Waals surface area (Å²) in [5.74, 6) is 0.630. The Labute approximate surface area is 189 Å². The molecular formula is C23H20N4O4S. The van der Waals surface area contributed by atoms with Crippen LogP contribution in [0, 0.1) is 10.1 Å². The molecule has 1 fully saturated rings. The van der Waals surface area contributed by atoms with Gasteiger partial charge < -0.3 is 9.30 Å². The molecule has 0 spiro atoms. The molecule has 0 saturated carbocycles. The maximum atomic E-state index is 13.0. The predicted octanol–water partition coefficient (Wildman–Crippen LogP) is 5.02. The summed E-state index contributed by atoms with van der Waals surface area (Å²) in [5.41, 5.74) is 2.31. The van der Waals surface area contributed by atoms with E-state index in [0.717, 1.165) is 22.8 Å². The standard InChI is InChI=1S/C23H20N4O4S/c1-3-25-22(28)21(32-23(25)24-16-6-12-20(31-2)13-7-16)15-19-5-4-14-26(19)17-8-10-18(11-9-17)27(29)30/h4-15H,3H2,1-2H3/b21-15+,24-23?. The van der Waals surface area contributed by atoms with Crippen molar-refractivity contribution in [3.05, 3.63) is 87.6 Å². The lowest BCUT2D eigenvalue weighted by Gasteiger charge is -2.12. The minimum atomic E-state index is -0.431. The number of hydrogen-bond acceptors (Lipinski definition) is 6. The molecule has 3 aromatic rings. The number of aromatic nitrogens is 1. The van der Waals surface area contributed by atoms with Crippen molar-refractivity contribution in [2.75, 3.05) is 13.7 Å². The first-order valence-electron chi connectivity index (χ1n) is 9.86. The molecule has 4 rings (SSSR count). The Morgan fingerprint density at radius 2 is 1.84 bits per heavy atom. The number of aliphatic imine (C=N–C) groups is 1. The maximum absolute atomic E-state index is 13.0. The van der Waals surface area contributed by atoms with Gasteiger partial charge in [0.2, 0.25) is 0 Å². The van der Waals surface area contributed by atoms with E-state index in [-0.39, 0.29) is 11.6 Å². The second-order valence-electron chi connectivity index (χ2n) is 6.83. The summed E-state index contributed by atoms with van der Waals surface area (Å²) in [6, 6.07) is 17.4. The van der Waals surface area contributed by atoms with E-state index in [4.69, 9.17) is 4.74 Å². The highest BCUT2D eigenvalue weighted by molar-refractivity contribution is 8.18. The molecule has 1 aliphatic rings. The van der Waals surface area contributed by atoms with Gasteiger partial charge in [-0.1, -0.05) is 0 Å². The first-order chi connectivity index (χ1) is 15.5. The molecule has 8 nitrogen and oxygen atoms in total. The van der Waals surface area contributed by atoms with Gasteiger partial charge in [-0.15, -0.1) is 0 Å². The van der Waals surface area contributed by atoms with Crippen LogP contribution < -0.4 is 4.74 Å². The van der Waals surface area contributed by atoms with Gasteiger partial charge in [-0.25, -0.2) is 4.99 Å². The molecule has 0 atom stereocenters. The van der Waals surface area contributed by atoms with Crippen molar-refractivity contribution in [1.82, 2.24) is 9.47 Å². The third-order valence-corrected chi connectivity index (χ3v) is 5.91. The minimum absolute atomic E-state index is 0.0281. The van der Waals surface area contributed by atoms with Gasteiger partial charge in [0.15, 0.2) is 5.17 Å². The van der Waals surface area contributed by atoms with Gasteiger partial charge in [-0.3, -0.25) is 19.8 Å². The Hall–Kier alpha value is -3.85. The first kappa shape index (κ1) is 21.4. The molecule has 162 valence electrons. The van der Waals surface area contributed by atoms with Crippen molar-refractivity contribution in [1.29, 1.82) is 0 Å². The number of benzene rings is 2. The van der Waals surface area contributed by atoms with E-state index < -0.39 is 4.92 Å². The highest BCUT2D eigenvalue weighted by Crippen LogP contribution is 2.34. The average molecular weight is 449 g/mol. The molecular weight excluding hydrogens is 428 g/mol. The van der Waals surface area contributed by atoms with E-state index >= 15 is 0 Å². The summed E-state index contributed by atoms with van der Waals surface area (Å²) in [6.07, 6.45) is 3.66. The minimum Gasteiger partial charge on any atom is -0.497 e. The van der Waals surface area contributed by atoms with Crippen LogP contribution in [0.5, 0.6) is 5.75 Å². The SMILES string of the molecule is CCN1C(=O)/C(=C\c2cccn2-c2ccc([N+](=O)[O-])cc2)SC1=Nc1ccc(OC)cc1. The van der Waals surface area contributed by atoms with Crippen LogP contribution in [0.4, 0.5) is 11.4 Å². The molecule has 0 bridgehead atoms. The molecule has 0 unspecified atom stereocenters. The highest BCUT2D eigenvalue weighted by Gasteiger charge is 2.32. The fourth-order valence-electron chi connectivity index (χ4n) is 3.25. The zero-order chi connectivity index (χ0) is 22.7. The van der Waals surface area contributed by atoms with Crippen molar-refractivity contribution in [3.63, 3.8) is 0 Å². The average Bonchev–Trinajstić information content (AvgIpc) is 3.38. The summed E-state index contributed by atoms with van der Waals surface area (Å²) in [7, 11) is 1.61. The number of carbonyl (C=O) groups excluding carboxylic acids is 1. The number of carbonyl (C=O) groups is 1. The largest absolute Gasteiger partial charge is 0.497 e. The molecule has 1 aromatic heterocycles. The number of amides is 1. The molecule has 0 radical (unpaired) electrons. The van der Waals surface area contributed by atoms with E-state index in [1.807, 2.05) is 60.2 Å². The molecule has 9 heteroatoms. The number of ether oxygens (including phenoxy) is 1. The number of methoxy groups -OCH3 is 1. The van der Waals surface area contributed by atoms with E-state index in [1.165, 1.54) is 23.9 Å². The third-order valence-electron chi connectivity index (χ3n) is 4.90. The lowest BCUT2D eigenvalue weighted by Crippen LogP contribution is -2.28. The summed E-state index contributed by atoms with van der Waals surface area (Å²) in [4.78, 5) is 30.3. The van der Waals surface area contributed by atoms with Gasteiger partial charge in [-0.05, 0) is 73.3 Å². The topological polar surface area (TPSA) is 90.0 Å². The van der Waals surface area contributed by atoms with Crippen LogP contribution in [-0.2, 0) is 4.79 Å². The Morgan fingerprint density at radius 3 is 2.47 bits per heavy atom. The van der Waals surface area contributed by atoms with Crippen molar-refractivity contribution >= 4 is 40.3 Å². The molecule has 1 aliphatic heterocycles. The van der Waals surface area contributed by atoms with Gasteiger partial charge in [0.05, 0.1) is 22.6 Å². The lowest BCUT2D eigenvalue weighted by molar-refractivity contribution is -0.384. The number of amidine groups is 1. The molecule has 0 aliphatic carbocycles. The number of nitrogens with zero attached hydrogens (tertiary/aromatic N) is 4. The van der Waals surface area contributed by atoms with Gasteiger partial charge in [0, 0.05) is 36.3 Å². The van der Waals surface area contributed by atoms with Crippen LogP contribution in [0.15, 0.2) is 76.8 Å². The van der Waals surface area contributed by atoms with Gasteiger partial charge >= 0.3 is 0 Å². The van der Waals surface area contributed by atoms with Crippen LogP contribution in [0.3, 0.4) is 0 Å². The molecule has 2 heterocycles. The van der Waals surface area contributed by atoms with E-state index in [9.17, 15) is 14.9 Å². The smallest absolute Gasteiger partial charge is 0.269 e. The Balaban J connectivity index is 1.63. The van der Waals surface area contributed by atoms with Crippen LogP contribution in [0.2, 0.25) is 0 Å². The Bertz CT molecular complexity index is 1210. The van der Waals surface area contributed by atoms with E-state index in [2.05, 4.69) is 4.99 Å². The summed E-state index contributed by atoms with van der Waals surface area (Å²) in [5, 5.41) is 11.5. The molecule has 2 aromatic carbocycles. The fraction of sp³-hybridized carbons (Fsp3) is 0.130. The quantitative estimate of drug-likeness (QED) is 0.300. The Morgan fingerprint density at radius 1 is 1.12 bits per heavy atom. The number of rotatable bonds is 6.